The van der Waals surface area contributed by atoms with E-state index in [0.29, 0.717) is 37.7 Å². The number of amides is 1. The van der Waals surface area contributed by atoms with Crippen molar-refractivity contribution in [1.82, 2.24) is 19.4 Å². The Morgan fingerprint density at radius 2 is 2.04 bits per heavy atom. The SMILES string of the molecule is O=C(CC1(n2cccc2)CCOCC1)NCCn1cnc2cc(Cl)ccc21. The summed E-state index contributed by atoms with van der Waals surface area (Å²) in [6.07, 6.45) is 8.03. The van der Waals surface area contributed by atoms with Gasteiger partial charge in [-0.05, 0) is 43.2 Å². The molecule has 1 amide bonds. The molecular formula is C20H23ClN4O2. The van der Waals surface area contributed by atoms with Gasteiger partial charge in [0.1, 0.15) is 0 Å². The molecule has 6 nitrogen and oxygen atoms in total. The average molecular weight is 387 g/mol. The maximum atomic E-state index is 12.6. The first-order valence-corrected chi connectivity index (χ1v) is 9.62. The zero-order valence-corrected chi connectivity index (χ0v) is 15.9. The highest BCUT2D eigenvalue weighted by Gasteiger charge is 2.35. The molecule has 1 aliphatic heterocycles. The van der Waals surface area contributed by atoms with E-state index in [4.69, 9.17) is 16.3 Å². The first-order valence-electron chi connectivity index (χ1n) is 9.25. The summed E-state index contributed by atoms with van der Waals surface area (Å²) in [4.78, 5) is 17.0. The number of fused-ring (bicyclic) bond motifs is 1. The lowest BCUT2D eigenvalue weighted by Crippen LogP contribution is -2.43. The van der Waals surface area contributed by atoms with Gasteiger partial charge in [-0.3, -0.25) is 4.79 Å². The normalized spacial score (nSPS) is 16.5. The second-order valence-corrected chi connectivity index (χ2v) is 7.46. The van der Waals surface area contributed by atoms with Crippen molar-refractivity contribution in [3.8, 4) is 0 Å². The standard InChI is InChI=1S/C20H23ClN4O2/c21-16-3-4-18-17(13-16)23-15-24(18)10-7-22-19(26)14-20(5-11-27-12-6-20)25-8-1-2-9-25/h1-4,8-9,13,15H,5-7,10-12,14H2,(H,22,26). The van der Waals surface area contributed by atoms with Crippen molar-refractivity contribution in [1.29, 1.82) is 0 Å². The second-order valence-electron chi connectivity index (χ2n) is 7.02. The van der Waals surface area contributed by atoms with Gasteiger partial charge >= 0.3 is 0 Å². The zero-order valence-electron chi connectivity index (χ0n) is 15.1. The molecule has 142 valence electrons. The molecular weight excluding hydrogens is 364 g/mol. The molecule has 0 atom stereocenters. The molecule has 3 aromatic rings. The number of carbonyl (C=O) groups is 1. The molecule has 1 aromatic carbocycles. The Kier molecular flexibility index (Phi) is 5.18. The quantitative estimate of drug-likeness (QED) is 0.707. The number of benzene rings is 1. The van der Waals surface area contributed by atoms with E-state index in [1.54, 1.807) is 6.33 Å². The highest BCUT2D eigenvalue weighted by molar-refractivity contribution is 6.31. The third-order valence-corrected chi connectivity index (χ3v) is 5.56. The molecule has 0 unspecified atom stereocenters. The van der Waals surface area contributed by atoms with Crippen LogP contribution in [0.3, 0.4) is 0 Å². The fraction of sp³-hybridized carbons (Fsp3) is 0.400. The van der Waals surface area contributed by atoms with E-state index >= 15 is 0 Å². The molecule has 0 radical (unpaired) electrons. The van der Waals surface area contributed by atoms with E-state index in [-0.39, 0.29) is 11.4 Å². The molecule has 0 bridgehead atoms. The molecule has 1 fully saturated rings. The van der Waals surface area contributed by atoms with E-state index in [1.165, 1.54) is 0 Å². The largest absolute Gasteiger partial charge is 0.381 e. The predicted octanol–water partition coefficient (Wildman–Crippen LogP) is 3.20. The van der Waals surface area contributed by atoms with E-state index in [0.717, 1.165) is 23.9 Å². The van der Waals surface area contributed by atoms with E-state index in [2.05, 4.69) is 14.9 Å². The van der Waals surface area contributed by atoms with Gasteiger partial charge in [0.15, 0.2) is 0 Å². The summed E-state index contributed by atoms with van der Waals surface area (Å²) in [6, 6.07) is 9.66. The Balaban J connectivity index is 1.37. The number of hydrogen-bond donors (Lipinski definition) is 1. The number of rotatable bonds is 6. The average Bonchev–Trinajstić information content (AvgIpc) is 3.33. The summed E-state index contributed by atoms with van der Waals surface area (Å²) in [5, 5.41) is 3.74. The molecule has 1 saturated heterocycles. The Morgan fingerprint density at radius 3 is 2.81 bits per heavy atom. The van der Waals surface area contributed by atoms with E-state index < -0.39 is 0 Å². The number of aromatic nitrogens is 3. The first-order chi connectivity index (χ1) is 13.2. The smallest absolute Gasteiger partial charge is 0.222 e. The minimum Gasteiger partial charge on any atom is -0.381 e. The summed E-state index contributed by atoms with van der Waals surface area (Å²) in [5.41, 5.74) is 1.69. The van der Waals surface area contributed by atoms with Crippen molar-refractivity contribution in [2.75, 3.05) is 19.8 Å². The molecule has 0 spiro atoms. The molecule has 4 rings (SSSR count). The monoisotopic (exact) mass is 386 g/mol. The third kappa shape index (κ3) is 3.87. The van der Waals surface area contributed by atoms with Crippen LogP contribution in [0.5, 0.6) is 0 Å². The highest BCUT2D eigenvalue weighted by atomic mass is 35.5. The Labute approximate surface area is 163 Å². The zero-order chi connectivity index (χ0) is 18.7. The van der Waals surface area contributed by atoms with Crippen molar-refractivity contribution >= 4 is 28.5 Å². The van der Waals surface area contributed by atoms with Crippen LogP contribution in [-0.4, -0.2) is 39.8 Å². The van der Waals surface area contributed by atoms with Gasteiger partial charge in [0.25, 0.3) is 0 Å². The van der Waals surface area contributed by atoms with Crippen molar-refractivity contribution in [2.45, 2.75) is 31.3 Å². The maximum Gasteiger partial charge on any atom is 0.222 e. The van der Waals surface area contributed by atoms with Gasteiger partial charge in [-0.2, -0.15) is 0 Å². The van der Waals surface area contributed by atoms with E-state index in [9.17, 15) is 4.79 Å². The second kappa shape index (κ2) is 7.74. The minimum atomic E-state index is -0.190. The lowest BCUT2D eigenvalue weighted by molar-refractivity contribution is -0.124. The van der Waals surface area contributed by atoms with Crippen molar-refractivity contribution in [2.24, 2.45) is 0 Å². The molecule has 27 heavy (non-hydrogen) atoms. The van der Waals surface area contributed by atoms with Crippen LogP contribution in [0.15, 0.2) is 49.1 Å². The fourth-order valence-electron chi connectivity index (χ4n) is 3.82. The molecule has 1 N–H and O–H groups in total. The van der Waals surface area contributed by atoms with Crippen molar-refractivity contribution in [3.05, 3.63) is 54.1 Å². The topological polar surface area (TPSA) is 61.1 Å². The lowest BCUT2D eigenvalue weighted by atomic mass is 9.86. The third-order valence-electron chi connectivity index (χ3n) is 5.32. The number of ether oxygens (including phenoxy) is 1. The van der Waals surface area contributed by atoms with Gasteiger partial charge in [0.2, 0.25) is 5.91 Å². The number of hydrogen-bond acceptors (Lipinski definition) is 3. The lowest BCUT2D eigenvalue weighted by Gasteiger charge is -2.38. The van der Waals surface area contributed by atoms with Crippen LogP contribution in [0.25, 0.3) is 11.0 Å². The number of carbonyl (C=O) groups excluding carboxylic acids is 1. The Hall–Kier alpha value is -2.31. The molecule has 3 heterocycles. The van der Waals surface area contributed by atoms with Crippen molar-refractivity contribution < 1.29 is 9.53 Å². The molecule has 0 saturated carbocycles. The summed E-state index contributed by atoms with van der Waals surface area (Å²) in [7, 11) is 0. The first kappa shape index (κ1) is 18.1. The van der Waals surface area contributed by atoms with Crippen LogP contribution in [-0.2, 0) is 21.6 Å². The molecule has 2 aromatic heterocycles. The maximum absolute atomic E-state index is 12.6. The number of nitrogens with zero attached hydrogens (tertiary/aromatic N) is 3. The number of halogens is 1. The number of nitrogens with one attached hydrogen (secondary N) is 1. The van der Waals surface area contributed by atoms with Gasteiger partial charge in [-0.15, -0.1) is 0 Å². The Bertz CT molecular complexity index is 913. The highest BCUT2D eigenvalue weighted by Crippen LogP contribution is 2.32. The molecule has 0 aliphatic carbocycles. The molecule has 7 heteroatoms. The summed E-state index contributed by atoms with van der Waals surface area (Å²) < 4.78 is 9.72. The minimum absolute atomic E-state index is 0.0677. The van der Waals surface area contributed by atoms with Crippen LogP contribution in [0.1, 0.15) is 19.3 Å². The van der Waals surface area contributed by atoms with Gasteiger partial charge in [-0.1, -0.05) is 11.6 Å². The van der Waals surface area contributed by atoms with Gasteiger partial charge in [0.05, 0.1) is 29.3 Å². The van der Waals surface area contributed by atoms with Crippen LogP contribution < -0.4 is 5.32 Å². The van der Waals surface area contributed by atoms with Crippen LogP contribution in [0.2, 0.25) is 5.02 Å². The Morgan fingerprint density at radius 1 is 1.26 bits per heavy atom. The number of imidazole rings is 1. The predicted molar refractivity (Wildman–Crippen MR) is 105 cm³/mol. The summed E-state index contributed by atoms with van der Waals surface area (Å²) >= 11 is 6.00. The van der Waals surface area contributed by atoms with Crippen LogP contribution in [0, 0.1) is 0 Å². The van der Waals surface area contributed by atoms with Crippen molar-refractivity contribution in [3.63, 3.8) is 0 Å². The van der Waals surface area contributed by atoms with Crippen LogP contribution >= 0.6 is 11.6 Å². The summed E-state index contributed by atoms with van der Waals surface area (Å²) in [6.45, 7) is 2.61. The fourth-order valence-corrected chi connectivity index (χ4v) is 3.99. The van der Waals surface area contributed by atoms with Gasteiger partial charge in [0, 0.05) is 43.7 Å². The summed E-state index contributed by atoms with van der Waals surface area (Å²) in [5.74, 6) is 0.0677. The van der Waals surface area contributed by atoms with Gasteiger partial charge < -0.3 is 19.2 Å². The van der Waals surface area contributed by atoms with E-state index in [1.807, 2.05) is 47.3 Å². The molecule has 1 aliphatic rings. The van der Waals surface area contributed by atoms with Crippen LogP contribution in [0.4, 0.5) is 0 Å². The van der Waals surface area contributed by atoms with Gasteiger partial charge in [-0.25, -0.2) is 4.98 Å².